The molecule has 0 saturated carbocycles. The van der Waals surface area contributed by atoms with E-state index in [0.717, 1.165) is 30.5 Å². The normalized spacial score (nSPS) is 13.7. The summed E-state index contributed by atoms with van der Waals surface area (Å²) >= 11 is 0. The third kappa shape index (κ3) is 6.56. The number of nitrogens with two attached hydrogens (primary N) is 1. The Kier molecular flexibility index (Phi) is 9.09. The van der Waals surface area contributed by atoms with Crippen molar-refractivity contribution in [3.63, 3.8) is 0 Å². The van der Waals surface area contributed by atoms with Gasteiger partial charge in [0.05, 0.1) is 6.04 Å². The van der Waals surface area contributed by atoms with Crippen molar-refractivity contribution < 1.29 is 29.7 Å². The number of phenolic OH excluding ortho intramolecular Hbond substituents is 1. The zero-order chi connectivity index (χ0) is 32.8. The number of aromatic carboxylic acids is 1. The summed E-state index contributed by atoms with van der Waals surface area (Å²) in [6, 6.07) is 15.5. The van der Waals surface area contributed by atoms with E-state index in [1.165, 1.54) is 6.07 Å². The second-order valence-electron chi connectivity index (χ2n) is 10.1. The average Bonchev–Trinajstić information content (AvgIpc) is 3.69. The van der Waals surface area contributed by atoms with Crippen LogP contribution in [0.3, 0.4) is 0 Å². The molecule has 6 rings (SSSR count). The van der Waals surface area contributed by atoms with Crippen LogP contribution in [0.1, 0.15) is 52.3 Å². The number of benzene rings is 2. The summed E-state index contributed by atoms with van der Waals surface area (Å²) in [5, 5.41) is 28.9. The largest absolute Gasteiger partial charge is 0.508 e. The minimum atomic E-state index is -1.27. The lowest BCUT2D eigenvalue weighted by molar-refractivity contribution is -0.126. The number of pyridine rings is 1. The summed E-state index contributed by atoms with van der Waals surface area (Å²) in [6.45, 7) is 2.28. The van der Waals surface area contributed by atoms with Crippen LogP contribution in [-0.4, -0.2) is 63.9 Å². The number of imidazole rings is 1. The van der Waals surface area contributed by atoms with Gasteiger partial charge in [0.15, 0.2) is 0 Å². The van der Waals surface area contributed by atoms with Crippen molar-refractivity contribution in [2.45, 2.75) is 25.8 Å². The maximum atomic E-state index is 12.6. The molecule has 6 N–H and O–H groups in total. The minimum Gasteiger partial charge on any atom is -0.508 e. The van der Waals surface area contributed by atoms with Gasteiger partial charge in [0.1, 0.15) is 45.7 Å². The SMILES string of the molecule is CC#CC(=O)N1CCCC1c1nc(-c2ccc(C(=O)Nc3ccccn3)cc2)c2c(N)nccn12.O=C(O)c1cc(O)ccc1O. The zero-order valence-electron chi connectivity index (χ0n) is 24.6. The Hall–Kier alpha value is -6.42. The number of carboxylic acid groups (broad SMARTS) is 1. The van der Waals surface area contributed by atoms with Crippen LogP contribution in [0.2, 0.25) is 0 Å². The Bertz CT molecular complexity index is 1980. The van der Waals surface area contributed by atoms with E-state index in [2.05, 4.69) is 27.1 Å². The van der Waals surface area contributed by atoms with Gasteiger partial charge in [-0.2, -0.15) is 0 Å². The third-order valence-corrected chi connectivity index (χ3v) is 7.19. The van der Waals surface area contributed by atoms with Crippen molar-refractivity contribution in [1.29, 1.82) is 0 Å². The number of hydrogen-bond donors (Lipinski definition) is 5. The minimum absolute atomic E-state index is 0.180. The van der Waals surface area contributed by atoms with E-state index in [-0.39, 0.29) is 34.9 Å². The number of rotatable bonds is 5. The third-order valence-electron chi connectivity index (χ3n) is 7.19. The van der Waals surface area contributed by atoms with Gasteiger partial charge in [0, 0.05) is 36.3 Å². The fourth-order valence-corrected chi connectivity index (χ4v) is 5.08. The Labute approximate surface area is 263 Å². The molecule has 1 aliphatic rings. The number of anilines is 2. The average molecular weight is 620 g/mol. The summed E-state index contributed by atoms with van der Waals surface area (Å²) in [5.41, 5.74) is 8.54. The number of nitrogens with zero attached hydrogens (tertiary/aromatic N) is 5. The molecule has 1 saturated heterocycles. The molecule has 13 heteroatoms. The number of amides is 2. The van der Waals surface area contributed by atoms with Gasteiger partial charge in [-0.3, -0.25) is 14.0 Å². The molecule has 3 aromatic heterocycles. The lowest BCUT2D eigenvalue weighted by atomic mass is 10.1. The maximum Gasteiger partial charge on any atom is 0.339 e. The number of hydrogen-bond acceptors (Lipinski definition) is 9. The highest BCUT2D eigenvalue weighted by Gasteiger charge is 2.33. The van der Waals surface area contributed by atoms with E-state index >= 15 is 0 Å². The topological polar surface area (TPSA) is 196 Å². The molecule has 1 unspecified atom stereocenters. The Morgan fingerprint density at radius 1 is 1.02 bits per heavy atom. The summed E-state index contributed by atoms with van der Waals surface area (Å²) in [6.07, 6.45) is 6.69. The quantitative estimate of drug-likeness (QED) is 0.141. The van der Waals surface area contributed by atoms with E-state index in [1.54, 1.807) is 60.7 Å². The molecule has 0 bridgehead atoms. The second kappa shape index (κ2) is 13.5. The van der Waals surface area contributed by atoms with Crippen LogP contribution in [0.25, 0.3) is 16.8 Å². The first-order chi connectivity index (χ1) is 22.2. The van der Waals surface area contributed by atoms with Crippen LogP contribution in [0.15, 0.2) is 79.3 Å². The molecule has 232 valence electrons. The molecule has 13 nitrogen and oxygen atoms in total. The molecule has 0 spiro atoms. The first-order valence-electron chi connectivity index (χ1n) is 14.1. The molecule has 0 aliphatic carbocycles. The van der Waals surface area contributed by atoms with Crippen molar-refractivity contribution in [2.24, 2.45) is 0 Å². The number of phenols is 2. The number of aromatic hydroxyl groups is 2. The van der Waals surface area contributed by atoms with Gasteiger partial charge >= 0.3 is 5.97 Å². The number of aromatic nitrogens is 4. The second-order valence-corrected chi connectivity index (χ2v) is 10.1. The van der Waals surface area contributed by atoms with Crippen LogP contribution >= 0.6 is 0 Å². The highest BCUT2D eigenvalue weighted by Crippen LogP contribution is 2.36. The monoisotopic (exact) mass is 619 g/mol. The summed E-state index contributed by atoms with van der Waals surface area (Å²) in [5.74, 6) is 4.59. The zero-order valence-corrected chi connectivity index (χ0v) is 24.6. The van der Waals surface area contributed by atoms with Gasteiger partial charge < -0.3 is 31.3 Å². The number of nitrogens with one attached hydrogen (secondary N) is 1. The van der Waals surface area contributed by atoms with Crippen molar-refractivity contribution in [2.75, 3.05) is 17.6 Å². The predicted molar refractivity (Wildman–Crippen MR) is 169 cm³/mol. The summed E-state index contributed by atoms with van der Waals surface area (Å²) in [4.78, 5) is 50.6. The Morgan fingerprint density at radius 3 is 2.48 bits per heavy atom. The first-order valence-corrected chi connectivity index (χ1v) is 14.1. The standard InChI is InChI=1S/C26H23N7O2.C7H6O4/c1-2-6-21(34)32-15-5-7-19(32)25-31-22(23-24(27)29-14-16-33(23)25)17-9-11-18(12-10-17)26(35)30-20-8-3-4-13-28-20;8-4-1-2-6(9)5(3-4)7(10)11/h3-4,8-14,16,19H,5,7,15H2,1H3,(H2,27,29)(H,28,30,35);1-3,8-9H,(H,10,11). The molecule has 46 heavy (non-hydrogen) atoms. The number of likely N-dealkylation sites (tertiary alicyclic amines) is 1. The lowest BCUT2D eigenvalue weighted by Crippen LogP contribution is -2.30. The maximum absolute atomic E-state index is 12.6. The molecule has 4 heterocycles. The highest BCUT2D eigenvalue weighted by atomic mass is 16.4. The van der Waals surface area contributed by atoms with Crippen LogP contribution in [-0.2, 0) is 4.79 Å². The van der Waals surface area contributed by atoms with Crippen molar-refractivity contribution in [3.05, 3.63) is 96.2 Å². The van der Waals surface area contributed by atoms with Crippen LogP contribution < -0.4 is 11.1 Å². The molecule has 5 aromatic rings. The molecule has 1 fully saturated rings. The summed E-state index contributed by atoms with van der Waals surface area (Å²) in [7, 11) is 0. The van der Waals surface area contributed by atoms with Gasteiger partial charge in [0.25, 0.3) is 11.8 Å². The molecular weight excluding hydrogens is 590 g/mol. The Balaban J connectivity index is 0.000000322. The van der Waals surface area contributed by atoms with Gasteiger partial charge in [-0.1, -0.05) is 24.1 Å². The molecule has 1 aliphatic heterocycles. The Morgan fingerprint density at radius 2 is 1.80 bits per heavy atom. The number of nitrogen functional groups attached to an aromatic ring is 1. The van der Waals surface area contributed by atoms with Gasteiger partial charge in [-0.15, -0.1) is 0 Å². The van der Waals surface area contributed by atoms with Crippen LogP contribution in [0.5, 0.6) is 11.5 Å². The van der Waals surface area contributed by atoms with E-state index in [9.17, 15) is 14.4 Å². The number of carbonyl (C=O) groups is 3. The summed E-state index contributed by atoms with van der Waals surface area (Å²) < 4.78 is 1.90. The fraction of sp³-hybridized carbons (Fsp3) is 0.152. The van der Waals surface area contributed by atoms with Crippen LogP contribution in [0, 0.1) is 11.8 Å². The molecule has 2 aromatic carbocycles. The molecule has 2 amide bonds. The predicted octanol–water partition coefficient (Wildman–Crippen LogP) is 4.11. The smallest absolute Gasteiger partial charge is 0.339 e. The van der Waals surface area contributed by atoms with E-state index in [1.807, 2.05) is 16.5 Å². The van der Waals surface area contributed by atoms with Gasteiger partial charge in [-0.25, -0.2) is 19.7 Å². The number of carbonyl (C=O) groups excluding carboxylic acids is 2. The lowest BCUT2D eigenvalue weighted by Gasteiger charge is -2.21. The van der Waals surface area contributed by atoms with Crippen molar-refractivity contribution in [1.82, 2.24) is 24.3 Å². The van der Waals surface area contributed by atoms with E-state index in [0.29, 0.717) is 40.8 Å². The number of fused-ring (bicyclic) bond motifs is 1. The van der Waals surface area contributed by atoms with Gasteiger partial charge in [0.2, 0.25) is 0 Å². The first kappa shape index (κ1) is 31.0. The van der Waals surface area contributed by atoms with Crippen LogP contribution in [0.4, 0.5) is 11.6 Å². The number of carboxylic acids is 1. The van der Waals surface area contributed by atoms with E-state index in [4.69, 9.17) is 26.0 Å². The molecular formula is C33H29N7O6. The molecule has 0 radical (unpaired) electrons. The molecule has 1 atom stereocenters. The van der Waals surface area contributed by atoms with E-state index < -0.39 is 5.97 Å². The highest BCUT2D eigenvalue weighted by molar-refractivity contribution is 6.04. The van der Waals surface area contributed by atoms with Crippen molar-refractivity contribution >= 4 is 34.9 Å². The van der Waals surface area contributed by atoms with Crippen molar-refractivity contribution in [3.8, 4) is 34.6 Å². The fourth-order valence-electron chi connectivity index (χ4n) is 5.08. The van der Waals surface area contributed by atoms with Gasteiger partial charge in [-0.05, 0) is 68.2 Å².